The van der Waals surface area contributed by atoms with Gasteiger partial charge in [0.25, 0.3) is 5.91 Å². The number of Topliss-reactive ketones (excluding diaryl/α,β-unsaturated/α-hetero) is 2. The number of likely N-dealkylation sites (N-methyl/N-ethyl adjacent to an activating group) is 1. The Bertz CT molecular complexity index is 1160. The lowest BCUT2D eigenvalue weighted by Crippen LogP contribution is -3.06. The Kier molecular flexibility index (Phi) is 7.16. The van der Waals surface area contributed by atoms with Crippen molar-refractivity contribution in [1.29, 1.82) is 0 Å². The van der Waals surface area contributed by atoms with Gasteiger partial charge in [0.15, 0.2) is 5.78 Å². The largest absolute Gasteiger partial charge is 0.338 e. The van der Waals surface area contributed by atoms with Crippen LogP contribution in [0.4, 0.5) is 0 Å². The van der Waals surface area contributed by atoms with E-state index in [-0.39, 0.29) is 10.5 Å². The third kappa shape index (κ3) is 4.90. The molecular formula is C24H30N3O5S+. The predicted octanol–water partition coefficient (Wildman–Crippen LogP) is 0.341. The summed E-state index contributed by atoms with van der Waals surface area (Å²) in [6, 6.07) is 12.2. The normalized spacial score (nSPS) is 19.1. The van der Waals surface area contributed by atoms with E-state index in [1.165, 1.54) is 43.3 Å². The van der Waals surface area contributed by atoms with Crippen LogP contribution in [0.25, 0.3) is 0 Å². The molecule has 1 saturated heterocycles. The number of rotatable bonds is 8. The van der Waals surface area contributed by atoms with E-state index in [2.05, 4.69) is 0 Å². The molecule has 1 fully saturated rings. The van der Waals surface area contributed by atoms with Crippen LogP contribution in [0, 0.1) is 12.8 Å². The Morgan fingerprint density at radius 2 is 1.58 bits per heavy atom. The molecule has 2 aromatic rings. The summed E-state index contributed by atoms with van der Waals surface area (Å²) in [4.78, 5) is 42.0. The fourth-order valence-corrected chi connectivity index (χ4v) is 4.79. The number of ketones is 2. The highest BCUT2D eigenvalue weighted by molar-refractivity contribution is 7.89. The number of benzene rings is 2. The molecule has 1 aliphatic rings. The molecule has 0 aliphatic carbocycles. The summed E-state index contributed by atoms with van der Waals surface area (Å²) in [5.41, 5.74) is 1.94. The molecular weight excluding hydrogens is 442 g/mol. The smallest absolute Gasteiger partial charge is 0.291 e. The average molecular weight is 473 g/mol. The average Bonchev–Trinajstić information content (AvgIpc) is 3.02. The standard InChI is InChI=1S/C24H29N3O5S/c1-16-6-8-17(9-7-16)21-20(23(29)24(30)27(21)15-14-25(2)3)22(28)18-10-12-19(13-11-18)33(31,32)26(4)5/h6-13,20-21H,14-15H2,1-5H3/p+1. The molecule has 3 rings (SSSR count). The molecule has 1 N–H and O–H groups in total. The number of sulfonamides is 1. The Morgan fingerprint density at radius 1 is 1.00 bits per heavy atom. The van der Waals surface area contributed by atoms with Crippen molar-refractivity contribution in [1.82, 2.24) is 9.21 Å². The maximum Gasteiger partial charge on any atom is 0.291 e. The van der Waals surface area contributed by atoms with Gasteiger partial charge in [0, 0.05) is 19.7 Å². The van der Waals surface area contributed by atoms with Crippen molar-refractivity contribution >= 4 is 27.5 Å². The second-order valence-electron chi connectivity index (χ2n) is 8.83. The number of likely N-dealkylation sites (tertiary alicyclic amines) is 1. The minimum Gasteiger partial charge on any atom is -0.338 e. The van der Waals surface area contributed by atoms with Crippen molar-refractivity contribution in [2.24, 2.45) is 5.92 Å². The highest BCUT2D eigenvalue weighted by Crippen LogP contribution is 2.38. The quantitative estimate of drug-likeness (QED) is 0.340. The van der Waals surface area contributed by atoms with Crippen LogP contribution < -0.4 is 4.90 Å². The maximum atomic E-state index is 13.5. The van der Waals surface area contributed by atoms with Crippen LogP contribution in [0.2, 0.25) is 0 Å². The van der Waals surface area contributed by atoms with Crippen molar-refractivity contribution < 1.29 is 27.7 Å². The summed E-state index contributed by atoms with van der Waals surface area (Å²) in [7, 11) is 3.11. The maximum absolute atomic E-state index is 13.5. The van der Waals surface area contributed by atoms with Crippen molar-refractivity contribution in [3.8, 4) is 0 Å². The Balaban J connectivity index is 2.01. The molecule has 0 saturated carbocycles. The topological polar surface area (TPSA) is 96.3 Å². The van der Waals surface area contributed by atoms with Gasteiger partial charge in [0.1, 0.15) is 5.92 Å². The van der Waals surface area contributed by atoms with Crippen LogP contribution in [0.5, 0.6) is 0 Å². The molecule has 33 heavy (non-hydrogen) atoms. The van der Waals surface area contributed by atoms with Gasteiger partial charge in [-0.15, -0.1) is 0 Å². The minimum atomic E-state index is -3.65. The zero-order valence-corrected chi connectivity index (χ0v) is 20.3. The first-order chi connectivity index (χ1) is 15.4. The highest BCUT2D eigenvalue weighted by Gasteiger charge is 2.51. The summed E-state index contributed by atoms with van der Waals surface area (Å²) < 4.78 is 25.7. The van der Waals surface area contributed by atoms with Crippen LogP contribution in [0.15, 0.2) is 53.4 Å². The second kappa shape index (κ2) is 9.54. The lowest BCUT2D eigenvalue weighted by Gasteiger charge is -2.27. The van der Waals surface area contributed by atoms with E-state index < -0.39 is 39.5 Å². The van der Waals surface area contributed by atoms with Gasteiger partial charge >= 0.3 is 0 Å². The van der Waals surface area contributed by atoms with Gasteiger partial charge in [-0.3, -0.25) is 14.4 Å². The molecule has 1 aliphatic heterocycles. The number of quaternary nitrogens is 1. The number of amides is 1. The molecule has 2 atom stereocenters. The summed E-state index contributed by atoms with van der Waals surface area (Å²) in [6.07, 6.45) is 0. The number of hydrogen-bond donors (Lipinski definition) is 1. The van der Waals surface area contributed by atoms with Gasteiger partial charge in [-0.25, -0.2) is 12.7 Å². The van der Waals surface area contributed by atoms with Gasteiger partial charge in [0.05, 0.1) is 38.1 Å². The van der Waals surface area contributed by atoms with Gasteiger partial charge in [-0.1, -0.05) is 42.0 Å². The number of nitrogens with one attached hydrogen (secondary N) is 1. The Labute approximate surface area is 194 Å². The van der Waals surface area contributed by atoms with Crippen molar-refractivity contribution in [3.05, 3.63) is 65.2 Å². The van der Waals surface area contributed by atoms with E-state index in [0.29, 0.717) is 13.1 Å². The van der Waals surface area contributed by atoms with Gasteiger partial charge in [-0.2, -0.15) is 0 Å². The molecule has 1 amide bonds. The third-order valence-corrected chi connectivity index (χ3v) is 7.71. The zero-order chi connectivity index (χ0) is 24.5. The molecule has 176 valence electrons. The minimum absolute atomic E-state index is 0.0449. The van der Waals surface area contributed by atoms with Crippen LogP contribution in [0.3, 0.4) is 0 Å². The van der Waals surface area contributed by atoms with E-state index in [1.807, 2.05) is 45.3 Å². The van der Waals surface area contributed by atoms with Crippen molar-refractivity contribution in [2.45, 2.75) is 17.9 Å². The number of carbonyl (C=O) groups is 3. The van der Waals surface area contributed by atoms with Crippen molar-refractivity contribution in [2.75, 3.05) is 41.3 Å². The van der Waals surface area contributed by atoms with Crippen molar-refractivity contribution in [3.63, 3.8) is 0 Å². The molecule has 0 bridgehead atoms. The highest BCUT2D eigenvalue weighted by atomic mass is 32.2. The lowest BCUT2D eigenvalue weighted by atomic mass is 9.86. The first kappa shape index (κ1) is 24.8. The number of aryl methyl sites for hydroxylation is 1. The molecule has 2 aromatic carbocycles. The molecule has 1 heterocycles. The van der Waals surface area contributed by atoms with Crippen LogP contribution in [-0.2, 0) is 19.6 Å². The fraction of sp³-hybridized carbons (Fsp3) is 0.375. The summed E-state index contributed by atoms with van der Waals surface area (Å²) in [6.45, 7) is 2.91. The molecule has 2 unspecified atom stereocenters. The van der Waals surface area contributed by atoms with E-state index in [0.717, 1.165) is 20.3 Å². The summed E-state index contributed by atoms with van der Waals surface area (Å²) in [5.74, 6) is -3.07. The van der Waals surface area contributed by atoms with Gasteiger partial charge in [0.2, 0.25) is 15.8 Å². The second-order valence-corrected chi connectivity index (χ2v) is 11.0. The zero-order valence-electron chi connectivity index (χ0n) is 19.5. The van der Waals surface area contributed by atoms with Gasteiger partial charge < -0.3 is 9.80 Å². The Hall–Kier alpha value is -2.88. The number of carbonyl (C=O) groups excluding carboxylic acids is 3. The number of hydrogen-bond acceptors (Lipinski definition) is 5. The molecule has 0 spiro atoms. The molecule has 8 nitrogen and oxygen atoms in total. The fourth-order valence-electron chi connectivity index (χ4n) is 3.89. The van der Waals surface area contributed by atoms with E-state index >= 15 is 0 Å². The first-order valence-electron chi connectivity index (χ1n) is 10.7. The van der Waals surface area contributed by atoms with Crippen LogP contribution in [-0.4, -0.2) is 76.4 Å². The lowest BCUT2D eigenvalue weighted by molar-refractivity contribution is -0.857. The van der Waals surface area contributed by atoms with E-state index in [9.17, 15) is 22.8 Å². The third-order valence-electron chi connectivity index (χ3n) is 5.88. The SMILES string of the molecule is Cc1ccc(C2C(C(=O)c3ccc(S(=O)(=O)N(C)C)cc3)C(=O)C(=O)N2CC[NH+](C)C)cc1. The van der Waals surface area contributed by atoms with Crippen LogP contribution >= 0.6 is 0 Å². The molecule has 0 aromatic heterocycles. The molecule has 0 radical (unpaired) electrons. The monoisotopic (exact) mass is 472 g/mol. The number of nitrogens with zero attached hydrogens (tertiary/aromatic N) is 2. The van der Waals surface area contributed by atoms with E-state index in [4.69, 9.17) is 0 Å². The molecule has 9 heteroatoms. The summed E-state index contributed by atoms with van der Waals surface area (Å²) in [5, 5.41) is 0. The van der Waals surface area contributed by atoms with E-state index in [1.54, 1.807) is 0 Å². The summed E-state index contributed by atoms with van der Waals surface area (Å²) >= 11 is 0. The first-order valence-corrected chi connectivity index (χ1v) is 12.2. The van der Waals surface area contributed by atoms with Gasteiger partial charge in [-0.05, 0) is 24.6 Å². The van der Waals surface area contributed by atoms with Crippen LogP contribution in [0.1, 0.15) is 27.5 Å². The Morgan fingerprint density at radius 3 is 2.09 bits per heavy atom. The predicted molar refractivity (Wildman–Crippen MR) is 123 cm³/mol.